The maximum Gasteiger partial charge on any atom is 0.223 e. The third-order valence-corrected chi connectivity index (χ3v) is 9.63. The van der Waals surface area contributed by atoms with Gasteiger partial charge in [-0.15, -0.1) is 11.3 Å². The van der Waals surface area contributed by atoms with Crippen molar-refractivity contribution in [1.29, 1.82) is 0 Å². The zero-order chi connectivity index (χ0) is 30.2. The molecule has 2 unspecified atom stereocenters. The second kappa shape index (κ2) is 15.3. The van der Waals surface area contributed by atoms with E-state index in [1.807, 2.05) is 12.1 Å². The second-order valence-electron chi connectivity index (χ2n) is 13.1. The molecule has 230 valence electrons. The lowest BCUT2D eigenvalue weighted by Gasteiger charge is -2.35. The van der Waals surface area contributed by atoms with Gasteiger partial charge in [0.25, 0.3) is 0 Å². The number of benzene rings is 1. The number of imidazole rings is 1. The summed E-state index contributed by atoms with van der Waals surface area (Å²) in [5.41, 5.74) is 2.60. The molecule has 6 nitrogen and oxygen atoms in total. The van der Waals surface area contributed by atoms with Gasteiger partial charge in [0.05, 0.1) is 11.0 Å². The molecule has 3 heterocycles. The Balaban J connectivity index is 1.43. The van der Waals surface area contributed by atoms with Crippen LogP contribution in [0.1, 0.15) is 107 Å². The molecule has 0 spiro atoms. The maximum absolute atomic E-state index is 13.6. The number of likely N-dealkylation sites (tertiary alicyclic amines) is 1. The molecule has 0 aliphatic carbocycles. The van der Waals surface area contributed by atoms with Crippen molar-refractivity contribution in [3.63, 3.8) is 0 Å². The summed E-state index contributed by atoms with van der Waals surface area (Å²) >= 11 is 1.75. The molecule has 42 heavy (non-hydrogen) atoms. The Kier molecular flexibility index (Phi) is 11.8. The van der Waals surface area contributed by atoms with Crippen LogP contribution in [0.5, 0.6) is 0 Å². The van der Waals surface area contributed by atoms with Gasteiger partial charge in [-0.05, 0) is 86.0 Å². The molecule has 3 aromatic rings. The molecule has 1 fully saturated rings. The number of ketones is 1. The molecule has 1 amide bonds. The zero-order valence-corrected chi connectivity index (χ0v) is 27.5. The number of nitrogens with one attached hydrogen (secondary N) is 1. The number of hydrogen-bond acceptors (Lipinski definition) is 5. The average molecular weight is 593 g/mol. The number of rotatable bonds is 15. The molecule has 1 aliphatic rings. The normalized spacial score (nSPS) is 18.7. The Morgan fingerprint density at radius 2 is 1.83 bits per heavy atom. The lowest BCUT2D eigenvalue weighted by atomic mass is 9.89. The van der Waals surface area contributed by atoms with Gasteiger partial charge < -0.3 is 14.8 Å². The Bertz CT molecular complexity index is 1280. The highest BCUT2D eigenvalue weighted by atomic mass is 32.1. The van der Waals surface area contributed by atoms with Crippen molar-refractivity contribution >= 4 is 34.1 Å². The van der Waals surface area contributed by atoms with E-state index >= 15 is 0 Å². The Morgan fingerprint density at radius 3 is 2.48 bits per heavy atom. The van der Waals surface area contributed by atoms with Crippen LogP contribution in [0.3, 0.4) is 0 Å². The van der Waals surface area contributed by atoms with Crippen molar-refractivity contribution in [3.8, 4) is 0 Å². The molecule has 2 aromatic heterocycles. The van der Waals surface area contributed by atoms with Gasteiger partial charge in [0.15, 0.2) is 5.78 Å². The van der Waals surface area contributed by atoms with Crippen molar-refractivity contribution in [2.45, 2.75) is 92.5 Å². The smallest absolute Gasteiger partial charge is 0.223 e. The summed E-state index contributed by atoms with van der Waals surface area (Å²) in [7, 11) is 0. The Hall–Kier alpha value is -2.51. The van der Waals surface area contributed by atoms with Crippen molar-refractivity contribution in [1.82, 2.24) is 19.8 Å². The molecule has 7 heteroatoms. The largest absolute Gasteiger partial charge is 0.356 e. The predicted octanol–water partition coefficient (Wildman–Crippen LogP) is 7.77. The average Bonchev–Trinajstić information content (AvgIpc) is 3.58. The molecular formula is C35H52N4O2S. The summed E-state index contributed by atoms with van der Waals surface area (Å²) in [5.74, 6) is 2.58. The quantitative estimate of drug-likeness (QED) is 0.145. The molecule has 4 rings (SSSR count). The Morgan fingerprint density at radius 1 is 1.10 bits per heavy atom. The summed E-state index contributed by atoms with van der Waals surface area (Å²) in [6, 6.07) is 10.5. The molecule has 1 aromatic carbocycles. The van der Waals surface area contributed by atoms with Gasteiger partial charge in [-0.2, -0.15) is 0 Å². The molecular weight excluding hydrogens is 540 g/mol. The van der Waals surface area contributed by atoms with Crippen LogP contribution in [0.15, 0.2) is 35.7 Å². The predicted molar refractivity (Wildman–Crippen MR) is 175 cm³/mol. The first kappa shape index (κ1) is 32.4. The lowest BCUT2D eigenvalue weighted by molar-refractivity contribution is -0.125. The van der Waals surface area contributed by atoms with Crippen LogP contribution >= 0.6 is 11.3 Å². The fourth-order valence-corrected chi connectivity index (χ4v) is 7.61. The SMILES string of the molecule is CCC(CC)n1c(Cc2cccs2)nc2cc(C(=O)C[C@@H](CC(C)C)C(=O)NCCCN3CC(C)CC(C)C3)ccc21. The standard InChI is InChI=1S/C35H52N4O2S/c1-7-29(8-2)39-32-13-12-27(19-31(32)37-34(39)21-30-11-9-16-42-30)33(40)20-28(17-24(3)4)35(41)36-14-10-15-38-22-25(5)18-26(6)23-38/h9,11-13,16,19,24-26,28-29H,7-8,10,14-15,17-18,20-23H2,1-6H3,(H,36,41)/t25?,26?,28-/m1/s1. The van der Waals surface area contributed by atoms with Crippen LogP contribution in [0, 0.1) is 23.7 Å². The number of fused-ring (bicyclic) bond motifs is 1. The van der Waals surface area contributed by atoms with Gasteiger partial charge in [0.2, 0.25) is 5.91 Å². The van der Waals surface area contributed by atoms with Crippen LogP contribution in [-0.4, -0.2) is 52.3 Å². The number of thiophene rings is 1. The van der Waals surface area contributed by atoms with Crippen molar-refractivity contribution in [3.05, 3.63) is 52.0 Å². The summed E-state index contributed by atoms with van der Waals surface area (Å²) in [4.78, 5) is 35.7. The molecule has 0 radical (unpaired) electrons. The van der Waals surface area contributed by atoms with Crippen LogP contribution in [0.25, 0.3) is 11.0 Å². The van der Waals surface area contributed by atoms with E-state index in [-0.39, 0.29) is 24.0 Å². The second-order valence-corrected chi connectivity index (χ2v) is 14.2. The summed E-state index contributed by atoms with van der Waals surface area (Å²) in [6.45, 7) is 17.3. The Labute approximate surface area is 257 Å². The van der Waals surface area contributed by atoms with Gasteiger partial charge >= 0.3 is 0 Å². The van der Waals surface area contributed by atoms with E-state index in [1.54, 1.807) is 11.3 Å². The van der Waals surface area contributed by atoms with E-state index in [2.05, 4.69) is 79.9 Å². The summed E-state index contributed by atoms with van der Waals surface area (Å²) in [5, 5.41) is 5.27. The first-order valence-electron chi connectivity index (χ1n) is 16.2. The minimum Gasteiger partial charge on any atom is -0.356 e. The van der Waals surface area contributed by atoms with E-state index < -0.39 is 0 Å². The van der Waals surface area contributed by atoms with Crippen LogP contribution in [0.4, 0.5) is 0 Å². The molecule has 1 aliphatic heterocycles. The van der Waals surface area contributed by atoms with Crippen molar-refractivity contribution in [2.75, 3.05) is 26.2 Å². The molecule has 0 bridgehead atoms. The van der Waals surface area contributed by atoms with E-state index in [0.717, 1.165) is 74.0 Å². The van der Waals surface area contributed by atoms with Crippen LogP contribution in [-0.2, 0) is 11.2 Å². The van der Waals surface area contributed by atoms with Crippen molar-refractivity contribution < 1.29 is 9.59 Å². The monoisotopic (exact) mass is 592 g/mol. The third kappa shape index (κ3) is 8.53. The van der Waals surface area contributed by atoms with Gasteiger partial charge in [-0.25, -0.2) is 4.98 Å². The number of nitrogens with zero attached hydrogens (tertiary/aromatic N) is 3. The summed E-state index contributed by atoms with van der Waals surface area (Å²) in [6.07, 6.45) is 6.03. The zero-order valence-electron chi connectivity index (χ0n) is 26.7. The van der Waals surface area contributed by atoms with Crippen LogP contribution in [0.2, 0.25) is 0 Å². The van der Waals surface area contributed by atoms with Gasteiger partial charge in [-0.1, -0.05) is 47.6 Å². The molecule has 1 N–H and O–H groups in total. The first-order valence-corrected chi connectivity index (χ1v) is 17.1. The first-order chi connectivity index (χ1) is 20.2. The number of Topliss-reactive ketones (excluding diaryl/α,β-unsaturated/α-hetero) is 1. The fraction of sp³-hybridized carbons (Fsp3) is 0.629. The third-order valence-electron chi connectivity index (χ3n) is 8.76. The number of piperidine rings is 1. The van der Waals surface area contributed by atoms with E-state index in [4.69, 9.17) is 4.98 Å². The fourth-order valence-electron chi connectivity index (χ4n) is 6.90. The van der Waals surface area contributed by atoms with Crippen molar-refractivity contribution in [2.24, 2.45) is 23.7 Å². The molecule has 3 atom stereocenters. The van der Waals surface area contributed by atoms with Gasteiger partial charge in [-0.3, -0.25) is 9.59 Å². The van der Waals surface area contributed by atoms with Gasteiger partial charge in [0, 0.05) is 54.9 Å². The minimum atomic E-state index is -0.320. The number of amides is 1. The number of carbonyl (C=O) groups excluding carboxylic acids is 2. The topological polar surface area (TPSA) is 67.2 Å². The highest BCUT2D eigenvalue weighted by Gasteiger charge is 2.25. The van der Waals surface area contributed by atoms with E-state index in [1.165, 1.54) is 11.3 Å². The number of aromatic nitrogens is 2. The molecule has 1 saturated heterocycles. The summed E-state index contributed by atoms with van der Waals surface area (Å²) < 4.78 is 2.38. The van der Waals surface area contributed by atoms with Gasteiger partial charge in [0.1, 0.15) is 5.82 Å². The molecule has 0 saturated carbocycles. The number of hydrogen-bond donors (Lipinski definition) is 1. The van der Waals surface area contributed by atoms with E-state index in [9.17, 15) is 9.59 Å². The van der Waals surface area contributed by atoms with Crippen LogP contribution < -0.4 is 5.32 Å². The highest BCUT2D eigenvalue weighted by Crippen LogP contribution is 2.29. The number of carbonyl (C=O) groups is 2. The lowest BCUT2D eigenvalue weighted by Crippen LogP contribution is -2.40. The van der Waals surface area contributed by atoms with E-state index in [0.29, 0.717) is 30.5 Å². The minimum absolute atomic E-state index is 0.00903. The highest BCUT2D eigenvalue weighted by molar-refractivity contribution is 7.09. The maximum atomic E-state index is 13.6.